The van der Waals surface area contributed by atoms with Crippen LogP contribution in [-0.2, 0) is 4.79 Å². The normalized spacial score (nSPS) is 11.5. The molecule has 0 saturated heterocycles. The molecule has 2 N–H and O–H groups in total. The first-order chi connectivity index (χ1) is 14.6. The quantitative estimate of drug-likeness (QED) is 0.517. The lowest BCUT2D eigenvalue weighted by Gasteiger charge is -2.17. The van der Waals surface area contributed by atoms with Crippen LogP contribution in [0.1, 0.15) is 16.8 Å². The highest BCUT2D eigenvalue weighted by atomic mass is 32.2. The number of nitrogens with one attached hydrogen (secondary N) is 2. The molecule has 156 valence electrons. The van der Waals surface area contributed by atoms with Gasteiger partial charge in [-0.25, -0.2) is 4.98 Å². The number of carbonyl (C=O) groups excluding carboxylic acids is 2. The molecule has 0 aliphatic rings. The third-order valence-electron chi connectivity index (χ3n) is 4.39. The van der Waals surface area contributed by atoms with Crippen LogP contribution in [0.3, 0.4) is 0 Å². The molecule has 0 aliphatic heterocycles. The molecule has 0 radical (unpaired) electrons. The number of thiazole rings is 1. The summed E-state index contributed by atoms with van der Waals surface area (Å²) in [6.45, 7) is 0. The summed E-state index contributed by atoms with van der Waals surface area (Å²) in [6.07, 6.45) is 2.50. The second kappa shape index (κ2) is 10.8. The number of benzene rings is 2. The van der Waals surface area contributed by atoms with Gasteiger partial charge < -0.3 is 15.4 Å². The van der Waals surface area contributed by atoms with Gasteiger partial charge in [0.15, 0.2) is 5.13 Å². The Morgan fingerprint density at radius 3 is 2.53 bits per heavy atom. The van der Waals surface area contributed by atoms with Gasteiger partial charge in [-0.15, -0.1) is 11.3 Å². The summed E-state index contributed by atoms with van der Waals surface area (Å²) in [7, 11) is 1.62. The number of hydrogen-bond acceptors (Lipinski definition) is 6. The topological polar surface area (TPSA) is 80.3 Å². The van der Waals surface area contributed by atoms with Crippen molar-refractivity contribution < 1.29 is 14.3 Å². The standard InChI is InChI=1S/C22H23N3O3S2/c1-28-17-10-8-15(9-11-17)19-14-30-22(24-19)25-21(27)18(12-13-29-2)23-20(26)16-6-4-3-5-7-16/h3-11,14,18H,12-13H2,1-2H3,(H,23,26)(H,24,25,27)/t18-/m1/s1. The van der Waals surface area contributed by atoms with Gasteiger partial charge in [-0.05, 0) is 54.8 Å². The molecule has 0 unspecified atom stereocenters. The number of amides is 2. The minimum Gasteiger partial charge on any atom is -0.497 e. The lowest BCUT2D eigenvalue weighted by molar-refractivity contribution is -0.118. The molecule has 6 nitrogen and oxygen atoms in total. The van der Waals surface area contributed by atoms with E-state index in [0.29, 0.717) is 17.1 Å². The molecule has 1 aromatic heterocycles. The average Bonchev–Trinajstić information content (AvgIpc) is 3.25. The number of nitrogens with zero attached hydrogens (tertiary/aromatic N) is 1. The van der Waals surface area contributed by atoms with E-state index in [2.05, 4.69) is 15.6 Å². The SMILES string of the molecule is COc1ccc(-c2csc(NC(=O)[C@@H](CCSC)NC(=O)c3ccccc3)n2)cc1. The number of anilines is 1. The van der Waals surface area contributed by atoms with Crippen LogP contribution in [0, 0.1) is 0 Å². The molecule has 2 aromatic carbocycles. The average molecular weight is 442 g/mol. The van der Waals surface area contributed by atoms with E-state index < -0.39 is 6.04 Å². The van der Waals surface area contributed by atoms with Crippen molar-refractivity contribution in [1.29, 1.82) is 0 Å². The maximum Gasteiger partial charge on any atom is 0.251 e. The smallest absolute Gasteiger partial charge is 0.251 e. The molecule has 0 bridgehead atoms. The third-order valence-corrected chi connectivity index (χ3v) is 5.79. The monoisotopic (exact) mass is 441 g/mol. The van der Waals surface area contributed by atoms with Gasteiger partial charge in [0.2, 0.25) is 5.91 Å². The Labute approximate surface area is 184 Å². The molecule has 0 aliphatic carbocycles. The van der Waals surface area contributed by atoms with Crippen LogP contribution in [0.25, 0.3) is 11.3 Å². The molecule has 0 fully saturated rings. The minimum atomic E-state index is -0.640. The van der Waals surface area contributed by atoms with Gasteiger partial charge in [-0.1, -0.05) is 18.2 Å². The van der Waals surface area contributed by atoms with Crippen LogP contribution in [0.5, 0.6) is 5.75 Å². The highest BCUT2D eigenvalue weighted by Gasteiger charge is 2.22. The molecule has 8 heteroatoms. The van der Waals surface area contributed by atoms with Crippen molar-refractivity contribution in [2.45, 2.75) is 12.5 Å². The van der Waals surface area contributed by atoms with Crippen molar-refractivity contribution >= 4 is 40.0 Å². The van der Waals surface area contributed by atoms with Crippen molar-refractivity contribution in [3.8, 4) is 17.0 Å². The molecule has 2 amide bonds. The molecule has 1 atom stereocenters. The van der Waals surface area contributed by atoms with E-state index in [4.69, 9.17) is 4.74 Å². The van der Waals surface area contributed by atoms with Gasteiger partial charge in [-0.3, -0.25) is 9.59 Å². The van der Waals surface area contributed by atoms with E-state index >= 15 is 0 Å². The highest BCUT2D eigenvalue weighted by Crippen LogP contribution is 2.26. The Morgan fingerprint density at radius 1 is 1.13 bits per heavy atom. The van der Waals surface area contributed by atoms with E-state index in [-0.39, 0.29) is 11.8 Å². The van der Waals surface area contributed by atoms with Crippen LogP contribution in [0.4, 0.5) is 5.13 Å². The predicted octanol–water partition coefficient (Wildman–Crippen LogP) is 4.31. The Hall–Kier alpha value is -2.84. The minimum absolute atomic E-state index is 0.269. The fraction of sp³-hybridized carbons (Fsp3) is 0.227. The van der Waals surface area contributed by atoms with Crippen molar-refractivity contribution in [3.63, 3.8) is 0 Å². The molecule has 3 aromatic rings. The number of aromatic nitrogens is 1. The second-order valence-corrected chi connectivity index (χ2v) is 8.27. The summed E-state index contributed by atoms with van der Waals surface area (Å²) in [5.74, 6) is 0.981. The van der Waals surface area contributed by atoms with Crippen molar-refractivity contribution in [2.75, 3.05) is 24.4 Å². The number of carbonyl (C=O) groups is 2. The van der Waals surface area contributed by atoms with Crippen molar-refractivity contribution in [2.24, 2.45) is 0 Å². The number of hydrogen-bond donors (Lipinski definition) is 2. The zero-order valence-corrected chi connectivity index (χ0v) is 18.4. The van der Waals surface area contributed by atoms with Gasteiger partial charge in [0.25, 0.3) is 5.91 Å². The van der Waals surface area contributed by atoms with Crippen LogP contribution >= 0.6 is 23.1 Å². The Morgan fingerprint density at radius 2 is 1.87 bits per heavy atom. The third kappa shape index (κ3) is 5.84. The van der Waals surface area contributed by atoms with Gasteiger partial charge in [0.1, 0.15) is 11.8 Å². The van der Waals surface area contributed by atoms with Crippen LogP contribution in [0.15, 0.2) is 60.0 Å². The maximum atomic E-state index is 12.8. The molecular formula is C22H23N3O3S2. The number of rotatable bonds is 9. The van der Waals surface area contributed by atoms with Gasteiger partial charge in [0.05, 0.1) is 12.8 Å². The summed E-state index contributed by atoms with van der Waals surface area (Å²) in [5, 5.41) is 8.06. The van der Waals surface area contributed by atoms with Crippen molar-refractivity contribution in [3.05, 3.63) is 65.5 Å². The predicted molar refractivity (Wildman–Crippen MR) is 123 cm³/mol. The highest BCUT2D eigenvalue weighted by molar-refractivity contribution is 7.98. The first-order valence-corrected chi connectivity index (χ1v) is 11.6. The number of thioether (sulfide) groups is 1. The maximum absolute atomic E-state index is 12.8. The first-order valence-electron chi connectivity index (χ1n) is 9.36. The Balaban J connectivity index is 1.67. The van der Waals surface area contributed by atoms with E-state index in [1.54, 1.807) is 43.1 Å². The lowest BCUT2D eigenvalue weighted by atomic mass is 10.1. The Kier molecular flexibility index (Phi) is 7.87. The summed E-state index contributed by atoms with van der Waals surface area (Å²) in [5.41, 5.74) is 2.23. The first kappa shape index (κ1) is 21.9. The summed E-state index contributed by atoms with van der Waals surface area (Å²) in [6, 6.07) is 15.8. The summed E-state index contributed by atoms with van der Waals surface area (Å²) < 4.78 is 5.17. The molecule has 30 heavy (non-hydrogen) atoms. The van der Waals surface area contributed by atoms with Crippen molar-refractivity contribution in [1.82, 2.24) is 10.3 Å². The fourth-order valence-electron chi connectivity index (χ4n) is 2.75. The molecule has 1 heterocycles. The number of methoxy groups -OCH3 is 1. The Bertz CT molecular complexity index is 975. The largest absolute Gasteiger partial charge is 0.497 e. The van der Waals surface area contributed by atoms with Gasteiger partial charge in [-0.2, -0.15) is 11.8 Å². The van der Waals surface area contributed by atoms with E-state index in [1.807, 2.05) is 42.0 Å². The molecule has 3 rings (SSSR count). The fourth-order valence-corrected chi connectivity index (χ4v) is 3.95. The number of ether oxygens (including phenoxy) is 1. The molecule has 0 saturated carbocycles. The van der Waals surface area contributed by atoms with E-state index in [0.717, 1.165) is 22.8 Å². The molecule has 0 spiro atoms. The van der Waals surface area contributed by atoms with Crippen LogP contribution in [0.2, 0.25) is 0 Å². The zero-order chi connectivity index (χ0) is 21.3. The lowest BCUT2D eigenvalue weighted by Crippen LogP contribution is -2.44. The zero-order valence-electron chi connectivity index (χ0n) is 16.8. The summed E-state index contributed by atoms with van der Waals surface area (Å²) in [4.78, 5) is 29.8. The molecular weight excluding hydrogens is 418 g/mol. The van der Waals surface area contributed by atoms with Gasteiger partial charge in [0, 0.05) is 16.5 Å². The second-order valence-electron chi connectivity index (χ2n) is 6.43. The van der Waals surface area contributed by atoms with E-state index in [9.17, 15) is 9.59 Å². The van der Waals surface area contributed by atoms with Gasteiger partial charge >= 0.3 is 0 Å². The van der Waals surface area contributed by atoms with E-state index in [1.165, 1.54) is 11.3 Å². The summed E-state index contributed by atoms with van der Waals surface area (Å²) >= 11 is 2.97. The van der Waals surface area contributed by atoms with Crippen LogP contribution in [-0.4, -0.2) is 42.0 Å². The van der Waals surface area contributed by atoms with Crippen LogP contribution < -0.4 is 15.4 Å².